The number of nitrogens with one attached hydrogen (secondary N) is 2. The van der Waals surface area contributed by atoms with E-state index in [0.29, 0.717) is 18.4 Å². The summed E-state index contributed by atoms with van der Waals surface area (Å²) in [5.74, 6) is -1.98. The van der Waals surface area contributed by atoms with Crippen molar-refractivity contribution >= 4 is 11.8 Å². The second kappa shape index (κ2) is 7.73. The predicted molar refractivity (Wildman–Crippen MR) is 94.7 cm³/mol. The van der Waals surface area contributed by atoms with Gasteiger partial charge in [-0.1, -0.05) is 30.7 Å². The molecule has 0 radical (unpaired) electrons. The van der Waals surface area contributed by atoms with Crippen LogP contribution in [0.1, 0.15) is 31.7 Å². The fraction of sp³-hybridized carbons (Fsp3) is 0.300. The molecule has 0 saturated heterocycles. The van der Waals surface area contributed by atoms with Crippen LogP contribution >= 0.6 is 0 Å². The maximum absolute atomic E-state index is 13.6. The highest BCUT2D eigenvalue weighted by atomic mass is 19.1. The first-order chi connectivity index (χ1) is 12.9. The van der Waals surface area contributed by atoms with E-state index in [9.17, 15) is 18.4 Å². The van der Waals surface area contributed by atoms with Crippen molar-refractivity contribution in [3.05, 3.63) is 65.7 Å². The Balaban J connectivity index is 1.60. The largest absolute Gasteiger partial charge is 0.478 e. The molecule has 7 heteroatoms. The molecule has 2 N–H and O–H groups in total. The third-order valence-corrected chi connectivity index (χ3v) is 4.85. The van der Waals surface area contributed by atoms with Gasteiger partial charge in [0, 0.05) is 0 Å². The lowest BCUT2D eigenvalue weighted by Gasteiger charge is -2.40. The molecule has 2 amide bonds. The number of carbonyl (C=O) groups excluding carboxylic acids is 2. The molecule has 1 saturated carbocycles. The van der Waals surface area contributed by atoms with Gasteiger partial charge in [0.2, 0.25) is 5.91 Å². The number of amides is 2. The molecule has 5 nitrogen and oxygen atoms in total. The summed E-state index contributed by atoms with van der Waals surface area (Å²) >= 11 is 0. The lowest BCUT2D eigenvalue weighted by atomic mass is 9.64. The maximum atomic E-state index is 13.6. The molecular weight excluding hydrogens is 354 g/mol. The molecule has 1 unspecified atom stereocenters. The van der Waals surface area contributed by atoms with Crippen LogP contribution in [0.25, 0.3) is 0 Å². The Kier molecular flexibility index (Phi) is 5.39. The van der Waals surface area contributed by atoms with Crippen molar-refractivity contribution in [1.82, 2.24) is 10.9 Å². The Morgan fingerprint density at radius 3 is 2.30 bits per heavy atom. The van der Waals surface area contributed by atoms with Gasteiger partial charge >= 0.3 is 0 Å². The number of para-hydroxylation sites is 1. The first-order valence-electron chi connectivity index (χ1n) is 8.70. The van der Waals surface area contributed by atoms with E-state index >= 15 is 0 Å². The van der Waals surface area contributed by atoms with E-state index < -0.39 is 23.2 Å². The zero-order chi connectivity index (χ0) is 19.4. The average Bonchev–Trinajstić information content (AvgIpc) is 2.62. The summed E-state index contributed by atoms with van der Waals surface area (Å²) in [6, 6.07) is 11.5. The molecule has 0 aromatic heterocycles. The van der Waals surface area contributed by atoms with Crippen molar-refractivity contribution in [2.75, 3.05) is 0 Å². The molecule has 0 heterocycles. The molecule has 2 aromatic carbocycles. The van der Waals surface area contributed by atoms with Crippen molar-refractivity contribution < 1.29 is 23.1 Å². The third kappa shape index (κ3) is 3.92. The number of hydrogen-bond donors (Lipinski definition) is 2. The van der Waals surface area contributed by atoms with Gasteiger partial charge < -0.3 is 4.74 Å². The predicted octanol–water partition coefficient (Wildman–Crippen LogP) is 3.00. The van der Waals surface area contributed by atoms with Crippen LogP contribution in [0, 0.1) is 11.6 Å². The number of benzene rings is 2. The Labute approximate surface area is 155 Å². The summed E-state index contributed by atoms with van der Waals surface area (Å²) in [7, 11) is 0. The molecule has 1 atom stereocenters. The Hall–Kier alpha value is -2.96. The lowest BCUT2D eigenvalue weighted by molar-refractivity contribution is -0.137. The Bertz CT molecular complexity index is 835. The fourth-order valence-electron chi connectivity index (χ4n) is 3.07. The normalized spacial score (nSPS) is 16.0. The monoisotopic (exact) mass is 374 g/mol. The molecule has 2 aromatic rings. The molecule has 27 heavy (non-hydrogen) atoms. The van der Waals surface area contributed by atoms with Crippen molar-refractivity contribution in [2.45, 2.75) is 37.7 Å². The second-order valence-electron chi connectivity index (χ2n) is 6.58. The number of halogens is 2. The molecular formula is C20H20F2N2O3. The fourth-order valence-corrected chi connectivity index (χ4v) is 3.07. The van der Waals surface area contributed by atoms with Gasteiger partial charge in [0.1, 0.15) is 5.82 Å². The summed E-state index contributed by atoms with van der Waals surface area (Å²) in [5.41, 5.74) is 4.66. The van der Waals surface area contributed by atoms with Gasteiger partial charge in [-0.25, -0.2) is 8.78 Å². The number of ether oxygens (including phenoxy) is 1. The van der Waals surface area contributed by atoms with Crippen LogP contribution in [0.4, 0.5) is 8.78 Å². The minimum atomic E-state index is -1.01. The highest BCUT2D eigenvalue weighted by molar-refractivity contribution is 5.91. The minimum Gasteiger partial charge on any atom is -0.478 e. The summed E-state index contributed by atoms with van der Waals surface area (Å²) < 4.78 is 32.0. The average molecular weight is 374 g/mol. The summed E-state index contributed by atoms with van der Waals surface area (Å²) in [6.07, 6.45) is 1.08. The van der Waals surface area contributed by atoms with Gasteiger partial charge in [-0.3, -0.25) is 20.4 Å². The van der Waals surface area contributed by atoms with E-state index in [0.717, 1.165) is 6.42 Å². The molecule has 3 rings (SSSR count). The van der Waals surface area contributed by atoms with Crippen LogP contribution in [0.5, 0.6) is 5.75 Å². The lowest BCUT2D eigenvalue weighted by Crippen LogP contribution is -2.56. The van der Waals surface area contributed by atoms with Crippen LogP contribution < -0.4 is 15.6 Å². The van der Waals surface area contributed by atoms with Crippen molar-refractivity contribution in [2.24, 2.45) is 0 Å². The van der Waals surface area contributed by atoms with Gasteiger partial charge in [-0.2, -0.15) is 0 Å². The molecule has 0 bridgehead atoms. The Morgan fingerprint density at radius 1 is 1.04 bits per heavy atom. The zero-order valence-electron chi connectivity index (χ0n) is 14.8. The van der Waals surface area contributed by atoms with Gasteiger partial charge in [0.15, 0.2) is 17.7 Å². The van der Waals surface area contributed by atoms with E-state index in [-0.39, 0.29) is 17.5 Å². The quantitative estimate of drug-likeness (QED) is 0.791. The van der Waals surface area contributed by atoms with Crippen molar-refractivity contribution in [1.29, 1.82) is 0 Å². The topological polar surface area (TPSA) is 67.4 Å². The van der Waals surface area contributed by atoms with Crippen LogP contribution in [-0.2, 0) is 15.0 Å². The second-order valence-corrected chi connectivity index (χ2v) is 6.58. The number of hydrazine groups is 1. The van der Waals surface area contributed by atoms with E-state index in [2.05, 4.69) is 10.9 Å². The number of rotatable bonds is 5. The minimum absolute atomic E-state index is 0.0479. The van der Waals surface area contributed by atoms with Crippen LogP contribution in [-0.4, -0.2) is 17.9 Å². The van der Waals surface area contributed by atoms with E-state index in [1.54, 1.807) is 18.2 Å². The van der Waals surface area contributed by atoms with E-state index in [1.807, 2.05) is 0 Å². The van der Waals surface area contributed by atoms with E-state index in [1.165, 1.54) is 37.3 Å². The molecule has 0 aliphatic heterocycles. The maximum Gasteiger partial charge on any atom is 0.279 e. The summed E-state index contributed by atoms with van der Waals surface area (Å²) in [5, 5.41) is 0. The van der Waals surface area contributed by atoms with Gasteiger partial charge in [-0.05, 0) is 49.6 Å². The van der Waals surface area contributed by atoms with Crippen LogP contribution in [0.15, 0.2) is 48.5 Å². The van der Waals surface area contributed by atoms with E-state index in [4.69, 9.17) is 4.74 Å². The highest BCUT2D eigenvalue weighted by Gasteiger charge is 2.45. The third-order valence-electron chi connectivity index (χ3n) is 4.85. The smallest absolute Gasteiger partial charge is 0.279 e. The zero-order valence-corrected chi connectivity index (χ0v) is 14.8. The first kappa shape index (κ1) is 18.8. The highest BCUT2D eigenvalue weighted by Crippen LogP contribution is 2.43. The van der Waals surface area contributed by atoms with Gasteiger partial charge in [0.05, 0.1) is 5.41 Å². The Morgan fingerprint density at radius 2 is 1.70 bits per heavy atom. The number of hydrogen-bond acceptors (Lipinski definition) is 3. The van der Waals surface area contributed by atoms with Gasteiger partial charge in [-0.15, -0.1) is 0 Å². The van der Waals surface area contributed by atoms with Crippen LogP contribution in [0.2, 0.25) is 0 Å². The molecule has 1 aliphatic rings. The van der Waals surface area contributed by atoms with Gasteiger partial charge in [0.25, 0.3) is 5.91 Å². The van der Waals surface area contributed by atoms with Crippen molar-refractivity contribution in [3.8, 4) is 5.75 Å². The molecule has 1 aliphatic carbocycles. The SMILES string of the molecule is CC(Oc1ccccc1F)C(=O)NNC(=O)C1(c2ccc(F)cc2)CCC1. The van der Waals surface area contributed by atoms with Crippen molar-refractivity contribution in [3.63, 3.8) is 0 Å². The first-order valence-corrected chi connectivity index (χ1v) is 8.70. The summed E-state index contributed by atoms with van der Waals surface area (Å²) in [6.45, 7) is 1.45. The number of carbonyl (C=O) groups is 2. The molecule has 0 spiro atoms. The molecule has 142 valence electrons. The molecule has 1 fully saturated rings. The summed E-state index contributed by atoms with van der Waals surface area (Å²) in [4.78, 5) is 24.8. The van der Waals surface area contributed by atoms with Crippen LogP contribution in [0.3, 0.4) is 0 Å². The standard InChI is InChI=1S/C20H20F2N2O3/c1-13(27-17-6-3-2-5-16(17)22)18(25)23-24-19(26)20(11-4-12-20)14-7-9-15(21)10-8-14/h2-3,5-10,13H,4,11-12H2,1H3,(H,23,25)(H,24,26).